The van der Waals surface area contributed by atoms with Gasteiger partial charge in [0.05, 0.1) is 11.3 Å². The first-order valence-electron chi connectivity index (χ1n) is 5.79. The van der Waals surface area contributed by atoms with Crippen LogP contribution in [0.25, 0.3) is 11.4 Å². The highest BCUT2D eigenvalue weighted by Gasteiger charge is 2.30. The standard InChI is InChI=1S/C13H10BrF3N2O/c1-2-9-10(14)12(20)19-11(18-9)7-4-3-5-8(6-7)13(15,16)17/h3-6H,2H2,1H3,(H,18,19,20). The Labute approximate surface area is 121 Å². The molecular weight excluding hydrogens is 337 g/mol. The van der Waals surface area contributed by atoms with Crippen LogP contribution in [0.1, 0.15) is 18.2 Å². The van der Waals surface area contributed by atoms with Gasteiger partial charge in [-0.2, -0.15) is 13.2 Å². The maximum absolute atomic E-state index is 12.7. The molecule has 0 aliphatic rings. The second-order valence-corrected chi connectivity index (χ2v) is 4.90. The first-order valence-corrected chi connectivity index (χ1v) is 6.58. The van der Waals surface area contributed by atoms with Crippen molar-refractivity contribution in [2.75, 3.05) is 0 Å². The molecule has 0 amide bonds. The molecule has 3 nitrogen and oxygen atoms in total. The third-order valence-electron chi connectivity index (χ3n) is 2.73. The molecule has 0 saturated heterocycles. The summed E-state index contributed by atoms with van der Waals surface area (Å²) in [7, 11) is 0. The fourth-order valence-electron chi connectivity index (χ4n) is 1.72. The van der Waals surface area contributed by atoms with Crippen molar-refractivity contribution in [3.05, 3.63) is 50.3 Å². The Morgan fingerprint density at radius 1 is 1.35 bits per heavy atom. The summed E-state index contributed by atoms with van der Waals surface area (Å²) in [5.74, 6) is 0.126. The van der Waals surface area contributed by atoms with Crippen LogP contribution < -0.4 is 5.56 Å². The molecule has 0 unspecified atom stereocenters. The zero-order chi connectivity index (χ0) is 14.9. The van der Waals surface area contributed by atoms with E-state index in [9.17, 15) is 18.0 Å². The number of alkyl halides is 3. The van der Waals surface area contributed by atoms with E-state index in [-0.39, 0.29) is 11.4 Å². The summed E-state index contributed by atoms with van der Waals surface area (Å²) in [4.78, 5) is 18.3. The molecule has 1 heterocycles. The molecule has 0 aliphatic heterocycles. The molecule has 1 N–H and O–H groups in total. The number of hydrogen-bond acceptors (Lipinski definition) is 2. The van der Waals surface area contributed by atoms with E-state index in [1.54, 1.807) is 0 Å². The van der Waals surface area contributed by atoms with Crippen molar-refractivity contribution in [1.82, 2.24) is 9.97 Å². The largest absolute Gasteiger partial charge is 0.416 e. The lowest BCUT2D eigenvalue weighted by Crippen LogP contribution is -2.13. The zero-order valence-corrected chi connectivity index (χ0v) is 12.0. The van der Waals surface area contributed by atoms with Crippen molar-refractivity contribution in [1.29, 1.82) is 0 Å². The topological polar surface area (TPSA) is 45.8 Å². The van der Waals surface area contributed by atoms with Crippen LogP contribution in [0, 0.1) is 0 Å². The Morgan fingerprint density at radius 3 is 2.65 bits per heavy atom. The van der Waals surface area contributed by atoms with Gasteiger partial charge < -0.3 is 4.98 Å². The number of H-pyrrole nitrogens is 1. The Hall–Kier alpha value is -1.63. The number of hydrogen-bond donors (Lipinski definition) is 1. The first kappa shape index (κ1) is 14.8. The second kappa shape index (κ2) is 5.40. The molecule has 0 radical (unpaired) electrons. The maximum Gasteiger partial charge on any atom is 0.416 e. The van der Waals surface area contributed by atoms with Crippen molar-refractivity contribution >= 4 is 15.9 Å². The van der Waals surface area contributed by atoms with E-state index in [4.69, 9.17) is 0 Å². The number of halogens is 4. The first-order chi connectivity index (χ1) is 9.32. The molecule has 0 spiro atoms. The van der Waals surface area contributed by atoms with Crippen molar-refractivity contribution in [3.63, 3.8) is 0 Å². The third kappa shape index (κ3) is 2.92. The SMILES string of the molecule is CCc1nc(-c2cccc(C(F)(F)F)c2)[nH]c(=O)c1Br. The van der Waals surface area contributed by atoms with Gasteiger partial charge in [0.25, 0.3) is 5.56 Å². The maximum atomic E-state index is 12.7. The second-order valence-electron chi connectivity index (χ2n) is 4.11. The van der Waals surface area contributed by atoms with Gasteiger partial charge in [-0.1, -0.05) is 19.1 Å². The van der Waals surface area contributed by atoms with E-state index < -0.39 is 17.3 Å². The van der Waals surface area contributed by atoms with Gasteiger partial charge in [-0.05, 0) is 34.5 Å². The fraction of sp³-hybridized carbons (Fsp3) is 0.231. The van der Waals surface area contributed by atoms with Crippen LogP contribution in [0.5, 0.6) is 0 Å². The normalized spacial score (nSPS) is 11.7. The summed E-state index contributed by atoms with van der Waals surface area (Å²) in [5, 5.41) is 0. The highest BCUT2D eigenvalue weighted by Crippen LogP contribution is 2.31. The molecule has 7 heteroatoms. The monoisotopic (exact) mass is 346 g/mol. The zero-order valence-electron chi connectivity index (χ0n) is 10.4. The number of nitrogens with one attached hydrogen (secondary N) is 1. The van der Waals surface area contributed by atoms with Crippen LogP contribution in [0.3, 0.4) is 0 Å². The van der Waals surface area contributed by atoms with E-state index in [1.807, 2.05) is 6.92 Å². The molecule has 0 fully saturated rings. The lowest BCUT2D eigenvalue weighted by Gasteiger charge is -2.09. The van der Waals surface area contributed by atoms with Crippen LogP contribution in [0.4, 0.5) is 13.2 Å². The van der Waals surface area contributed by atoms with Gasteiger partial charge in [0.15, 0.2) is 0 Å². The third-order valence-corrected chi connectivity index (χ3v) is 3.55. The Kier molecular flexibility index (Phi) is 3.99. The van der Waals surface area contributed by atoms with Crippen LogP contribution >= 0.6 is 15.9 Å². The minimum atomic E-state index is -4.43. The highest BCUT2D eigenvalue weighted by atomic mass is 79.9. The van der Waals surface area contributed by atoms with Crippen molar-refractivity contribution in [3.8, 4) is 11.4 Å². The van der Waals surface area contributed by atoms with Crippen molar-refractivity contribution in [2.24, 2.45) is 0 Å². The number of aryl methyl sites for hydroxylation is 1. The molecule has 1 aromatic carbocycles. The van der Waals surface area contributed by atoms with Gasteiger partial charge in [-0.15, -0.1) is 0 Å². The predicted octanol–water partition coefficient (Wildman–Crippen LogP) is 3.78. The molecule has 0 saturated carbocycles. The lowest BCUT2D eigenvalue weighted by atomic mass is 10.1. The fourth-order valence-corrected chi connectivity index (χ4v) is 2.19. The van der Waals surface area contributed by atoms with Gasteiger partial charge in [0.1, 0.15) is 10.3 Å². The van der Waals surface area contributed by atoms with Crippen LogP contribution in [0.15, 0.2) is 33.5 Å². The average molecular weight is 347 g/mol. The van der Waals surface area contributed by atoms with Gasteiger partial charge in [0.2, 0.25) is 0 Å². The summed E-state index contributed by atoms with van der Waals surface area (Å²) in [6, 6.07) is 4.69. The van der Waals surface area contributed by atoms with Crippen molar-refractivity contribution in [2.45, 2.75) is 19.5 Å². The van der Waals surface area contributed by atoms with Crippen LogP contribution in [0.2, 0.25) is 0 Å². The summed E-state index contributed by atoms with van der Waals surface area (Å²) < 4.78 is 38.3. The molecule has 0 aliphatic carbocycles. The molecule has 2 aromatic rings. The molecule has 0 bridgehead atoms. The summed E-state index contributed by atoms with van der Waals surface area (Å²) >= 11 is 3.11. The summed E-state index contributed by atoms with van der Waals surface area (Å²) in [6.07, 6.45) is -3.93. The minimum absolute atomic E-state index is 0.126. The summed E-state index contributed by atoms with van der Waals surface area (Å²) in [5.41, 5.74) is -0.469. The number of benzene rings is 1. The number of aromatic nitrogens is 2. The van der Waals surface area contributed by atoms with Gasteiger partial charge in [-0.25, -0.2) is 4.98 Å². The number of aromatic amines is 1. The molecule has 20 heavy (non-hydrogen) atoms. The Balaban J connectivity index is 2.58. The predicted molar refractivity (Wildman–Crippen MR) is 72.4 cm³/mol. The number of rotatable bonds is 2. The molecule has 2 rings (SSSR count). The number of nitrogens with zero attached hydrogens (tertiary/aromatic N) is 1. The van der Waals surface area contributed by atoms with Crippen LogP contribution in [-0.4, -0.2) is 9.97 Å². The van der Waals surface area contributed by atoms with Gasteiger partial charge in [-0.3, -0.25) is 4.79 Å². The average Bonchev–Trinajstić information content (AvgIpc) is 2.41. The van der Waals surface area contributed by atoms with E-state index in [1.165, 1.54) is 12.1 Å². The van der Waals surface area contributed by atoms with Crippen LogP contribution in [-0.2, 0) is 12.6 Å². The van der Waals surface area contributed by atoms with E-state index >= 15 is 0 Å². The van der Waals surface area contributed by atoms with Gasteiger partial charge in [0, 0.05) is 5.56 Å². The van der Waals surface area contributed by atoms with E-state index in [0.29, 0.717) is 16.6 Å². The molecule has 106 valence electrons. The Bertz CT molecular complexity index is 695. The quantitative estimate of drug-likeness (QED) is 0.899. The Morgan fingerprint density at radius 2 is 2.05 bits per heavy atom. The van der Waals surface area contributed by atoms with Gasteiger partial charge >= 0.3 is 6.18 Å². The molecular formula is C13H10BrF3N2O. The minimum Gasteiger partial charge on any atom is -0.306 e. The van der Waals surface area contributed by atoms with E-state index in [2.05, 4.69) is 25.9 Å². The van der Waals surface area contributed by atoms with E-state index in [0.717, 1.165) is 12.1 Å². The summed E-state index contributed by atoms with van der Waals surface area (Å²) in [6.45, 7) is 1.81. The molecule has 0 atom stereocenters. The highest BCUT2D eigenvalue weighted by molar-refractivity contribution is 9.10. The lowest BCUT2D eigenvalue weighted by molar-refractivity contribution is -0.137. The van der Waals surface area contributed by atoms with Crippen molar-refractivity contribution < 1.29 is 13.2 Å². The molecule has 1 aromatic heterocycles. The smallest absolute Gasteiger partial charge is 0.306 e.